The number of hydrogen-bond donors (Lipinski definition) is 0. The number of ketones is 1. The van der Waals surface area contributed by atoms with Gasteiger partial charge in [0, 0.05) is 10.0 Å². The van der Waals surface area contributed by atoms with E-state index in [1.807, 2.05) is 0 Å². The molecule has 0 spiro atoms. The minimum absolute atomic E-state index is 0.0353. The number of ether oxygens (including phenoxy) is 3. The van der Waals surface area contributed by atoms with Gasteiger partial charge in [-0.15, -0.1) is 0 Å². The van der Waals surface area contributed by atoms with E-state index in [1.54, 1.807) is 24.3 Å². The number of carbonyl (C=O) groups is 2. The van der Waals surface area contributed by atoms with E-state index in [0.717, 1.165) is 4.47 Å². The van der Waals surface area contributed by atoms with Crippen LogP contribution in [0.25, 0.3) is 6.08 Å². The van der Waals surface area contributed by atoms with Crippen LogP contribution in [0.5, 0.6) is 17.2 Å². The van der Waals surface area contributed by atoms with E-state index in [1.165, 1.54) is 25.1 Å². The zero-order chi connectivity index (χ0) is 25.4. The quantitative estimate of drug-likeness (QED) is 0.0958. The number of halogens is 6. The Balaban J connectivity index is 1.51. The molecular weight excluding hydrogens is 543 g/mol. The standard InChI is InChI=1S/C24H12BrF5O5/c1-10-14(34-16(31)9-33-24-20(29)18(27)17(26)19(28)21(24)30)7-6-12-22(32)15(35-23(10)12)8-11-4-2-3-5-13(11)25/h2-8H,9H2,1H3/b15-8-. The zero-order valence-electron chi connectivity index (χ0n) is 17.6. The van der Waals surface area contributed by atoms with E-state index in [-0.39, 0.29) is 28.4 Å². The molecule has 0 aliphatic carbocycles. The molecule has 1 aliphatic heterocycles. The largest absolute Gasteiger partial charge is 0.476 e. The number of allylic oxidation sites excluding steroid dienone is 1. The predicted octanol–water partition coefficient (Wildman–Crippen LogP) is 6.05. The van der Waals surface area contributed by atoms with E-state index >= 15 is 0 Å². The van der Waals surface area contributed by atoms with Gasteiger partial charge < -0.3 is 14.2 Å². The maximum atomic E-state index is 13.7. The minimum Gasteiger partial charge on any atom is -0.476 e. The monoisotopic (exact) mass is 554 g/mol. The Labute approximate surface area is 202 Å². The number of benzene rings is 3. The Morgan fingerprint density at radius 1 is 0.971 bits per heavy atom. The lowest BCUT2D eigenvalue weighted by Gasteiger charge is -2.12. The normalized spacial score (nSPS) is 13.6. The molecular formula is C24H12BrF5O5. The Morgan fingerprint density at radius 3 is 2.26 bits per heavy atom. The highest BCUT2D eigenvalue weighted by Crippen LogP contribution is 2.39. The van der Waals surface area contributed by atoms with Crippen molar-refractivity contribution in [2.45, 2.75) is 6.92 Å². The molecule has 3 aromatic rings. The van der Waals surface area contributed by atoms with E-state index in [9.17, 15) is 31.5 Å². The van der Waals surface area contributed by atoms with Crippen LogP contribution < -0.4 is 14.2 Å². The van der Waals surface area contributed by atoms with Crippen LogP contribution in [0.4, 0.5) is 22.0 Å². The highest BCUT2D eigenvalue weighted by atomic mass is 79.9. The van der Waals surface area contributed by atoms with E-state index < -0.39 is 53.2 Å². The summed E-state index contributed by atoms with van der Waals surface area (Å²) >= 11 is 3.38. The van der Waals surface area contributed by atoms with Gasteiger partial charge in [-0.1, -0.05) is 34.1 Å². The number of hydrogen-bond acceptors (Lipinski definition) is 5. The minimum atomic E-state index is -2.36. The maximum Gasteiger partial charge on any atom is 0.349 e. The van der Waals surface area contributed by atoms with Crippen LogP contribution in [-0.2, 0) is 4.79 Å². The van der Waals surface area contributed by atoms with E-state index in [2.05, 4.69) is 20.7 Å². The molecule has 0 fully saturated rings. The van der Waals surface area contributed by atoms with Gasteiger partial charge in [0.05, 0.1) is 5.56 Å². The van der Waals surface area contributed by atoms with Crippen molar-refractivity contribution in [2.24, 2.45) is 0 Å². The predicted molar refractivity (Wildman–Crippen MR) is 116 cm³/mol. The van der Waals surface area contributed by atoms with Gasteiger partial charge in [-0.3, -0.25) is 4.79 Å². The molecule has 0 unspecified atom stereocenters. The molecule has 5 nitrogen and oxygen atoms in total. The summed E-state index contributed by atoms with van der Waals surface area (Å²) in [5.41, 5.74) is 1.17. The third kappa shape index (κ3) is 4.51. The van der Waals surface area contributed by atoms with Crippen molar-refractivity contribution >= 4 is 33.8 Å². The highest BCUT2D eigenvalue weighted by molar-refractivity contribution is 9.10. The smallest absolute Gasteiger partial charge is 0.349 e. The summed E-state index contributed by atoms with van der Waals surface area (Å²) in [6.07, 6.45) is 1.54. The number of carbonyl (C=O) groups excluding carboxylic acids is 2. The maximum absolute atomic E-state index is 13.7. The van der Waals surface area contributed by atoms with Gasteiger partial charge in [0.1, 0.15) is 11.5 Å². The van der Waals surface area contributed by atoms with Gasteiger partial charge in [0.2, 0.25) is 34.9 Å². The van der Waals surface area contributed by atoms with Crippen LogP contribution in [0.2, 0.25) is 0 Å². The van der Waals surface area contributed by atoms with Crippen molar-refractivity contribution in [3.63, 3.8) is 0 Å². The third-order valence-electron chi connectivity index (χ3n) is 4.96. The molecule has 0 amide bonds. The average Bonchev–Trinajstić information content (AvgIpc) is 3.15. The fraction of sp³-hybridized carbons (Fsp3) is 0.0833. The van der Waals surface area contributed by atoms with Gasteiger partial charge in [0.25, 0.3) is 0 Å². The lowest BCUT2D eigenvalue weighted by atomic mass is 10.1. The van der Waals surface area contributed by atoms with Crippen molar-refractivity contribution in [1.29, 1.82) is 0 Å². The average molecular weight is 555 g/mol. The first-order chi connectivity index (χ1) is 16.6. The molecule has 0 N–H and O–H groups in total. The molecule has 0 aromatic heterocycles. The highest BCUT2D eigenvalue weighted by Gasteiger charge is 2.31. The number of esters is 1. The first-order valence-corrected chi connectivity index (χ1v) is 10.6. The van der Waals surface area contributed by atoms with Gasteiger partial charge in [0.15, 0.2) is 18.1 Å². The Hall–Kier alpha value is -3.73. The van der Waals surface area contributed by atoms with Gasteiger partial charge in [-0.25, -0.2) is 18.0 Å². The van der Waals surface area contributed by atoms with Crippen molar-refractivity contribution in [1.82, 2.24) is 0 Å². The Kier molecular flexibility index (Phi) is 6.62. The van der Waals surface area contributed by atoms with Crippen LogP contribution in [-0.4, -0.2) is 18.4 Å². The van der Waals surface area contributed by atoms with Crippen molar-refractivity contribution in [3.05, 3.63) is 92.4 Å². The van der Waals surface area contributed by atoms with Crippen LogP contribution in [0, 0.1) is 36.0 Å². The summed E-state index contributed by atoms with van der Waals surface area (Å²) in [4.78, 5) is 24.8. The van der Waals surface area contributed by atoms with Gasteiger partial charge in [-0.05, 0) is 36.8 Å². The van der Waals surface area contributed by atoms with E-state index in [0.29, 0.717) is 5.56 Å². The van der Waals surface area contributed by atoms with Crippen molar-refractivity contribution < 1.29 is 45.8 Å². The molecule has 180 valence electrons. The second kappa shape index (κ2) is 9.49. The molecule has 0 saturated heterocycles. The molecule has 1 aliphatic rings. The molecule has 4 rings (SSSR count). The lowest BCUT2D eigenvalue weighted by Crippen LogP contribution is -2.20. The number of fused-ring (bicyclic) bond motifs is 1. The molecule has 35 heavy (non-hydrogen) atoms. The first kappa shape index (κ1) is 24.4. The molecule has 0 atom stereocenters. The van der Waals surface area contributed by atoms with Crippen LogP contribution in [0.15, 0.2) is 46.6 Å². The molecule has 3 aromatic carbocycles. The lowest BCUT2D eigenvalue weighted by molar-refractivity contribution is -0.136. The van der Waals surface area contributed by atoms with Gasteiger partial charge >= 0.3 is 5.97 Å². The van der Waals surface area contributed by atoms with E-state index in [4.69, 9.17) is 9.47 Å². The Morgan fingerprint density at radius 2 is 1.60 bits per heavy atom. The summed E-state index contributed by atoms with van der Waals surface area (Å²) in [5, 5.41) is 0. The molecule has 11 heteroatoms. The van der Waals surface area contributed by atoms with Crippen LogP contribution in [0.3, 0.4) is 0 Å². The third-order valence-corrected chi connectivity index (χ3v) is 5.68. The fourth-order valence-electron chi connectivity index (χ4n) is 3.21. The summed E-state index contributed by atoms with van der Waals surface area (Å²) < 4.78 is 83.0. The summed E-state index contributed by atoms with van der Waals surface area (Å²) in [7, 11) is 0. The second-order valence-corrected chi connectivity index (χ2v) is 8.04. The fourth-order valence-corrected chi connectivity index (χ4v) is 3.61. The molecule has 0 radical (unpaired) electrons. The zero-order valence-corrected chi connectivity index (χ0v) is 19.1. The van der Waals surface area contributed by atoms with Gasteiger partial charge in [-0.2, -0.15) is 8.78 Å². The second-order valence-electron chi connectivity index (χ2n) is 7.19. The SMILES string of the molecule is Cc1c(OC(=O)COc2c(F)c(F)c(F)c(F)c2F)ccc2c1O/C(=C\c1ccccc1Br)C2=O. The summed E-state index contributed by atoms with van der Waals surface area (Å²) in [6, 6.07) is 9.79. The summed E-state index contributed by atoms with van der Waals surface area (Å²) in [6.45, 7) is 0.336. The number of Topliss-reactive ketones (excluding diaryl/α,β-unsaturated/α-hetero) is 1. The topological polar surface area (TPSA) is 61.8 Å². The van der Waals surface area contributed by atoms with Crippen molar-refractivity contribution in [2.75, 3.05) is 6.61 Å². The molecule has 0 saturated carbocycles. The number of rotatable bonds is 5. The molecule has 0 bridgehead atoms. The first-order valence-electron chi connectivity index (χ1n) is 9.77. The van der Waals surface area contributed by atoms with Crippen LogP contribution >= 0.6 is 15.9 Å². The van der Waals surface area contributed by atoms with Crippen molar-refractivity contribution in [3.8, 4) is 17.2 Å². The van der Waals surface area contributed by atoms with Crippen LogP contribution in [0.1, 0.15) is 21.5 Å². The molecule has 1 heterocycles. The summed E-state index contributed by atoms with van der Waals surface area (Å²) in [5.74, 6) is -14.3. The Bertz CT molecular complexity index is 1390.